The van der Waals surface area contributed by atoms with Crippen LogP contribution in [-0.4, -0.2) is 18.5 Å². The van der Waals surface area contributed by atoms with Gasteiger partial charge in [0, 0.05) is 15.7 Å². The van der Waals surface area contributed by atoms with Crippen LogP contribution in [0.1, 0.15) is 33.0 Å². The summed E-state index contributed by atoms with van der Waals surface area (Å²) >= 11 is 3.36. The first kappa shape index (κ1) is 17.3. The second-order valence-corrected chi connectivity index (χ2v) is 6.21. The molecule has 6 heteroatoms. The Balaban J connectivity index is 1.97. The number of ether oxygens (including phenoxy) is 1. The molecule has 1 N–H and O–H groups in total. The highest BCUT2D eigenvalue weighted by atomic mass is 79.9. The summed E-state index contributed by atoms with van der Waals surface area (Å²) in [5.41, 5.74) is 2.71. The summed E-state index contributed by atoms with van der Waals surface area (Å²) in [5, 5.41) is 2.72. The molecular formula is C17H18BrNO4. The molecule has 2 rings (SSSR count). The van der Waals surface area contributed by atoms with Crippen molar-refractivity contribution in [1.29, 1.82) is 0 Å². The van der Waals surface area contributed by atoms with Crippen LogP contribution in [0.3, 0.4) is 0 Å². The van der Waals surface area contributed by atoms with E-state index in [9.17, 15) is 9.59 Å². The minimum absolute atomic E-state index is 0.350. The molecular weight excluding hydrogens is 362 g/mol. The molecule has 5 nitrogen and oxygen atoms in total. The van der Waals surface area contributed by atoms with Gasteiger partial charge in [0.15, 0.2) is 6.61 Å². The quantitative estimate of drug-likeness (QED) is 0.812. The van der Waals surface area contributed by atoms with Crippen molar-refractivity contribution in [1.82, 2.24) is 0 Å². The average Bonchev–Trinajstić information content (AvgIpc) is 2.73. The Morgan fingerprint density at radius 1 is 1.17 bits per heavy atom. The molecule has 0 radical (unpaired) electrons. The van der Waals surface area contributed by atoms with Crippen molar-refractivity contribution >= 4 is 33.5 Å². The molecule has 1 amide bonds. The van der Waals surface area contributed by atoms with Gasteiger partial charge in [-0.3, -0.25) is 4.79 Å². The number of esters is 1. The van der Waals surface area contributed by atoms with Crippen LogP contribution in [0.15, 0.2) is 27.1 Å². The summed E-state index contributed by atoms with van der Waals surface area (Å²) in [6.07, 6.45) is 0. The topological polar surface area (TPSA) is 68.5 Å². The van der Waals surface area contributed by atoms with Gasteiger partial charge < -0.3 is 14.5 Å². The van der Waals surface area contributed by atoms with Gasteiger partial charge in [-0.2, -0.15) is 0 Å². The second-order valence-electron chi connectivity index (χ2n) is 5.30. The Kier molecular flexibility index (Phi) is 5.26. The fourth-order valence-corrected chi connectivity index (χ4v) is 2.73. The van der Waals surface area contributed by atoms with E-state index in [4.69, 9.17) is 9.15 Å². The Morgan fingerprint density at radius 3 is 2.43 bits per heavy atom. The van der Waals surface area contributed by atoms with Crippen LogP contribution < -0.4 is 5.32 Å². The minimum atomic E-state index is -0.556. The standard InChI is InChI=1S/C17H18BrNO4/c1-9-7-13(18)5-6-14(9)19-15(20)8-22-17(21)16-10(2)11(3)23-12(16)4/h5-7H,8H2,1-4H3,(H,19,20). The monoisotopic (exact) mass is 379 g/mol. The normalized spacial score (nSPS) is 10.5. The SMILES string of the molecule is Cc1cc(Br)ccc1NC(=O)COC(=O)c1c(C)oc(C)c1C. The molecule has 0 aliphatic carbocycles. The smallest absolute Gasteiger partial charge is 0.342 e. The number of carbonyl (C=O) groups excluding carboxylic acids is 2. The lowest BCUT2D eigenvalue weighted by Gasteiger charge is -2.09. The van der Waals surface area contributed by atoms with Crippen molar-refractivity contribution in [2.45, 2.75) is 27.7 Å². The maximum Gasteiger partial charge on any atom is 0.342 e. The fraction of sp³-hybridized carbons (Fsp3) is 0.294. The Bertz CT molecular complexity index is 764. The summed E-state index contributed by atoms with van der Waals surface area (Å²) in [5.74, 6) is 0.220. The van der Waals surface area contributed by atoms with Crippen LogP contribution in [0.5, 0.6) is 0 Å². The van der Waals surface area contributed by atoms with Gasteiger partial charge in [-0.15, -0.1) is 0 Å². The molecule has 0 atom stereocenters. The van der Waals surface area contributed by atoms with Gasteiger partial charge >= 0.3 is 5.97 Å². The molecule has 0 fully saturated rings. The number of amides is 1. The number of rotatable bonds is 4. The Morgan fingerprint density at radius 2 is 1.87 bits per heavy atom. The van der Waals surface area contributed by atoms with Crippen molar-refractivity contribution in [2.24, 2.45) is 0 Å². The Labute approximate surface area is 143 Å². The number of anilines is 1. The van der Waals surface area contributed by atoms with Gasteiger partial charge in [-0.25, -0.2) is 4.79 Å². The summed E-state index contributed by atoms with van der Waals surface area (Å²) in [6.45, 7) is 6.79. The van der Waals surface area contributed by atoms with Crippen molar-refractivity contribution in [3.63, 3.8) is 0 Å². The highest BCUT2D eigenvalue weighted by molar-refractivity contribution is 9.10. The summed E-state index contributed by atoms with van der Waals surface area (Å²) < 4.78 is 11.4. The molecule has 23 heavy (non-hydrogen) atoms. The zero-order valence-corrected chi connectivity index (χ0v) is 15.0. The first-order valence-corrected chi connectivity index (χ1v) is 7.88. The van der Waals surface area contributed by atoms with Crippen molar-refractivity contribution in [3.8, 4) is 0 Å². The zero-order valence-electron chi connectivity index (χ0n) is 13.5. The van der Waals surface area contributed by atoms with Crippen LogP contribution >= 0.6 is 15.9 Å². The third-order valence-electron chi connectivity index (χ3n) is 3.56. The molecule has 0 aliphatic heterocycles. The van der Waals surface area contributed by atoms with Crippen LogP contribution in [0, 0.1) is 27.7 Å². The van der Waals surface area contributed by atoms with Gasteiger partial charge in [0.05, 0.1) is 0 Å². The predicted octanol–water partition coefficient (Wildman–Crippen LogP) is 4.07. The number of hydrogen-bond donors (Lipinski definition) is 1. The second kappa shape index (κ2) is 7.00. The van der Waals surface area contributed by atoms with Crippen LogP contribution in [0.2, 0.25) is 0 Å². The predicted molar refractivity (Wildman–Crippen MR) is 90.7 cm³/mol. The fourth-order valence-electron chi connectivity index (χ4n) is 2.25. The van der Waals surface area contributed by atoms with E-state index < -0.39 is 5.97 Å². The molecule has 0 bridgehead atoms. The van der Waals surface area contributed by atoms with Gasteiger partial charge in [-0.05, 0) is 51.5 Å². The summed E-state index contributed by atoms with van der Waals surface area (Å²) in [7, 11) is 0. The third kappa shape index (κ3) is 4.01. The van der Waals surface area contributed by atoms with E-state index in [1.165, 1.54) is 0 Å². The minimum Gasteiger partial charge on any atom is -0.465 e. The lowest BCUT2D eigenvalue weighted by atomic mass is 10.1. The van der Waals surface area contributed by atoms with E-state index in [-0.39, 0.29) is 12.5 Å². The number of nitrogens with one attached hydrogen (secondary N) is 1. The molecule has 1 aromatic heterocycles. The Hall–Kier alpha value is -2.08. The number of carbonyl (C=O) groups is 2. The van der Waals surface area contributed by atoms with Gasteiger partial charge in [0.25, 0.3) is 5.91 Å². The van der Waals surface area contributed by atoms with E-state index in [0.29, 0.717) is 22.8 Å². The molecule has 1 aromatic carbocycles. The van der Waals surface area contributed by atoms with Crippen molar-refractivity contribution < 1.29 is 18.7 Å². The summed E-state index contributed by atoms with van der Waals surface area (Å²) in [4.78, 5) is 24.0. The van der Waals surface area contributed by atoms with E-state index in [2.05, 4.69) is 21.2 Å². The van der Waals surface area contributed by atoms with Crippen LogP contribution in [0.4, 0.5) is 5.69 Å². The number of benzene rings is 1. The van der Waals surface area contributed by atoms with Crippen LogP contribution in [0.25, 0.3) is 0 Å². The molecule has 122 valence electrons. The largest absolute Gasteiger partial charge is 0.465 e. The molecule has 0 spiro atoms. The van der Waals surface area contributed by atoms with Crippen LogP contribution in [-0.2, 0) is 9.53 Å². The van der Waals surface area contributed by atoms with Crippen molar-refractivity contribution in [2.75, 3.05) is 11.9 Å². The van der Waals surface area contributed by atoms with E-state index in [0.717, 1.165) is 15.6 Å². The maximum atomic E-state index is 12.1. The van der Waals surface area contributed by atoms with Gasteiger partial charge in [0.2, 0.25) is 0 Å². The van der Waals surface area contributed by atoms with E-state index >= 15 is 0 Å². The first-order valence-electron chi connectivity index (χ1n) is 7.09. The molecule has 0 aliphatic rings. The third-order valence-corrected chi connectivity index (χ3v) is 4.06. The number of halogens is 1. The lowest BCUT2D eigenvalue weighted by molar-refractivity contribution is -0.119. The number of aryl methyl sites for hydroxylation is 3. The first-order chi connectivity index (χ1) is 10.8. The van der Waals surface area contributed by atoms with Crippen molar-refractivity contribution in [3.05, 3.63) is 50.9 Å². The van der Waals surface area contributed by atoms with Gasteiger partial charge in [-0.1, -0.05) is 15.9 Å². The number of furan rings is 1. The highest BCUT2D eigenvalue weighted by Gasteiger charge is 2.20. The average molecular weight is 380 g/mol. The highest BCUT2D eigenvalue weighted by Crippen LogP contribution is 2.22. The lowest BCUT2D eigenvalue weighted by Crippen LogP contribution is -2.21. The molecule has 1 heterocycles. The summed E-state index contributed by atoms with van der Waals surface area (Å²) in [6, 6.07) is 5.51. The zero-order chi connectivity index (χ0) is 17.1. The molecule has 2 aromatic rings. The number of hydrogen-bond acceptors (Lipinski definition) is 4. The molecule has 0 unspecified atom stereocenters. The maximum absolute atomic E-state index is 12.1. The van der Waals surface area contributed by atoms with E-state index in [1.807, 2.05) is 19.1 Å². The molecule has 0 saturated carbocycles. The molecule has 0 saturated heterocycles. The van der Waals surface area contributed by atoms with Gasteiger partial charge in [0.1, 0.15) is 17.1 Å². The van der Waals surface area contributed by atoms with E-state index in [1.54, 1.807) is 26.8 Å².